The quantitative estimate of drug-likeness (QED) is 0.549. The molecule has 1 aliphatic carbocycles. The predicted octanol–water partition coefficient (Wildman–Crippen LogP) is 7.20. The molecule has 1 unspecified atom stereocenters. The monoisotopic (exact) mass is 388 g/mol. The normalized spacial score (nSPS) is 17.8. The van der Waals surface area contributed by atoms with E-state index in [0.29, 0.717) is 5.76 Å². The van der Waals surface area contributed by atoms with Crippen molar-refractivity contribution in [2.24, 2.45) is 5.41 Å². The maximum atomic E-state index is 10.8. The summed E-state index contributed by atoms with van der Waals surface area (Å²) in [5, 5.41) is 11.6. The number of hydrogen-bond acceptors (Lipinski definition) is 3. The summed E-state index contributed by atoms with van der Waals surface area (Å²) < 4.78 is 5.26. The maximum absolute atomic E-state index is 10.8. The second-order valence-electron chi connectivity index (χ2n) is 7.54. The molecule has 4 heteroatoms. The van der Waals surface area contributed by atoms with Crippen molar-refractivity contribution in [1.29, 1.82) is 0 Å². The first-order valence-corrected chi connectivity index (χ1v) is 10.1. The first-order valence-electron chi connectivity index (χ1n) is 8.85. The highest BCUT2D eigenvalue weighted by Crippen LogP contribution is 2.49. The van der Waals surface area contributed by atoms with Gasteiger partial charge < -0.3 is 9.84 Å². The van der Waals surface area contributed by atoms with Crippen molar-refractivity contribution in [3.05, 3.63) is 70.4 Å². The van der Waals surface area contributed by atoms with Crippen LogP contribution in [-0.2, 0) is 0 Å². The molecule has 138 valence electrons. The third-order valence-electron chi connectivity index (χ3n) is 4.89. The Kier molecular flexibility index (Phi) is 5.89. The summed E-state index contributed by atoms with van der Waals surface area (Å²) in [5.74, 6) is 1.39. The molecule has 0 amide bonds. The summed E-state index contributed by atoms with van der Waals surface area (Å²) in [6.07, 6.45) is 2.73. The maximum Gasteiger partial charge on any atom is 0.118 e. The molecule has 0 fully saturated rings. The van der Waals surface area contributed by atoms with Crippen molar-refractivity contribution < 1.29 is 9.84 Å². The first kappa shape index (κ1) is 19.2. The van der Waals surface area contributed by atoms with Crippen molar-refractivity contribution in [2.45, 2.75) is 43.3 Å². The molecule has 0 heterocycles. The number of methoxy groups -OCH3 is 1. The number of benzene rings is 2. The molecule has 2 aromatic rings. The number of aliphatic hydroxyl groups excluding tert-OH is 1. The fourth-order valence-electron chi connectivity index (χ4n) is 3.32. The molecule has 1 N–H and O–H groups in total. The molecular weight excluding hydrogens is 364 g/mol. The van der Waals surface area contributed by atoms with Gasteiger partial charge in [-0.2, -0.15) is 0 Å². The van der Waals surface area contributed by atoms with Gasteiger partial charge in [-0.3, -0.25) is 0 Å². The van der Waals surface area contributed by atoms with E-state index in [2.05, 4.69) is 38.1 Å². The van der Waals surface area contributed by atoms with Crippen LogP contribution < -0.4 is 4.74 Å². The standard InChI is InChI=1S/C22H25ClO2S/c1-22(2)13-12-19(20(24)14-22)21(15-4-6-16(23)7-5-15)26-18-10-8-17(25-3)9-11-18/h4-11,21,24H,12-14H2,1-3H3. The number of halogens is 1. The number of thioether (sulfide) groups is 1. The Morgan fingerprint density at radius 3 is 2.31 bits per heavy atom. The number of ether oxygens (including phenoxy) is 1. The second kappa shape index (κ2) is 7.98. The lowest BCUT2D eigenvalue weighted by Gasteiger charge is -2.33. The van der Waals surface area contributed by atoms with Crippen LogP contribution in [0.3, 0.4) is 0 Å². The Labute approximate surface area is 165 Å². The van der Waals surface area contributed by atoms with Crippen LogP contribution in [0.15, 0.2) is 64.8 Å². The van der Waals surface area contributed by atoms with Gasteiger partial charge in [0.2, 0.25) is 0 Å². The summed E-state index contributed by atoms with van der Waals surface area (Å²) in [6.45, 7) is 4.43. The lowest BCUT2D eigenvalue weighted by Crippen LogP contribution is -2.20. The number of aliphatic hydroxyl groups is 1. The van der Waals surface area contributed by atoms with Crippen molar-refractivity contribution in [3.8, 4) is 5.75 Å². The van der Waals surface area contributed by atoms with E-state index in [1.54, 1.807) is 18.9 Å². The zero-order valence-electron chi connectivity index (χ0n) is 15.5. The lowest BCUT2D eigenvalue weighted by molar-refractivity contribution is 0.238. The summed E-state index contributed by atoms with van der Waals surface area (Å²) in [5.41, 5.74) is 2.45. The molecule has 1 aliphatic rings. The Morgan fingerprint density at radius 1 is 1.08 bits per heavy atom. The Hall–Kier alpha value is -1.58. The summed E-state index contributed by atoms with van der Waals surface area (Å²) in [4.78, 5) is 1.15. The van der Waals surface area contributed by atoms with Crippen LogP contribution in [0.25, 0.3) is 0 Å². The van der Waals surface area contributed by atoms with Crippen molar-refractivity contribution in [1.82, 2.24) is 0 Å². The summed E-state index contributed by atoms with van der Waals surface area (Å²) in [7, 11) is 1.67. The van der Waals surface area contributed by atoms with Gasteiger partial charge in [-0.1, -0.05) is 37.6 Å². The molecule has 0 aromatic heterocycles. The van der Waals surface area contributed by atoms with Crippen LogP contribution in [-0.4, -0.2) is 12.2 Å². The molecular formula is C22H25ClO2S. The van der Waals surface area contributed by atoms with Crippen LogP contribution in [0.4, 0.5) is 0 Å². The van der Waals surface area contributed by atoms with Crippen molar-refractivity contribution >= 4 is 23.4 Å². The van der Waals surface area contributed by atoms with Crippen LogP contribution in [0.1, 0.15) is 43.9 Å². The topological polar surface area (TPSA) is 29.5 Å². The summed E-state index contributed by atoms with van der Waals surface area (Å²) in [6, 6.07) is 16.0. The highest BCUT2D eigenvalue weighted by atomic mass is 35.5. The molecule has 0 spiro atoms. The first-order chi connectivity index (χ1) is 12.4. The van der Waals surface area contributed by atoms with Gasteiger partial charge in [0.05, 0.1) is 18.1 Å². The van der Waals surface area contributed by atoms with E-state index in [1.165, 1.54) is 0 Å². The average molecular weight is 389 g/mol. The zero-order valence-corrected chi connectivity index (χ0v) is 17.0. The average Bonchev–Trinajstić information content (AvgIpc) is 2.61. The highest BCUT2D eigenvalue weighted by molar-refractivity contribution is 7.99. The van der Waals surface area contributed by atoms with E-state index >= 15 is 0 Å². The van der Waals surface area contributed by atoms with Crippen LogP contribution >= 0.6 is 23.4 Å². The van der Waals surface area contributed by atoms with Crippen molar-refractivity contribution in [3.63, 3.8) is 0 Å². The number of allylic oxidation sites excluding steroid dienone is 1. The molecule has 0 saturated heterocycles. The number of hydrogen-bond donors (Lipinski definition) is 1. The van der Waals surface area contributed by atoms with Gasteiger partial charge in [0.15, 0.2) is 0 Å². The van der Waals surface area contributed by atoms with E-state index < -0.39 is 0 Å². The van der Waals surface area contributed by atoms with E-state index in [4.69, 9.17) is 16.3 Å². The third-order valence-corrected chi connectivity index (χ3v) is 6.48. The van der Waals surface area contributed by atoms with Crippen LogP contribution in [0.2, 0.25) is 5.02 Å². The lowest BCUT2D eigenvalue weighted by atomic mass is 9.76. The second-order valence-corrected chi connectivity index (χ2v) is 9.15. The Bertz CT molecular complexity index is 779. The van der Waals surface area contributed by atoms with Gasteiger partial charge in [0.25, 0.3) is 0 Å². The smallest absolute Gasteiger partial charge is 0.118 e. The Morgan fingerprint density at radius 2 is 1.73 bits per heavy atom. The van der Waals surface area contributed by atoms with Crippen molar-refractivity contribution in [2.75, 3.05) is 7.11 Å². The summed E-state index contributed by atoms with van der Waals surface area (Å²) >= 11 is 7.84. The minimum Gasteiger partial charge on any atom is -0.512 e. The molecule has 0 saturated carbocycles. The van der Waals surface area contributed by atoms with Crippen LogP contribution in [0, 0.1) is 5.41 Å². The number of rotatable bonds is 5. The van der Waals surface area contributed by atoms with E-state index in [9.17, 15) is 5.11 Å². The molecule has 2 aromatic carbocycles. The third kappa shape index (κ3) is 4.57. The minimum atomic E-state index is 0.0803. The predicted molar refractivity (Wildman–Crippen MR) is 110 cm³/mol. The zero-order chi connectivity index (χ0) is 18.7. The van der Waals surface area contributed by atoms with Gasteiger partial charge in [-0.25, -0.2) is 0 Å². The van der Waals surface area contributed by atoms with Gasteiger partial charge in [-0.05, 0) is 65.8 Å². The van der Waals surface area contributed by atoms with Crippen LogP contribution in [0.5, 0.6) is 5.75 Å². The van der Waals surface area contributed by atoms with E-state index in [-0.39, 0.29) is 10.7 Å². The Balaban J connectivity index is 1.95. The van der Waals surface area contributed by atoms with Gasteiger partial charge in [-0.15, -0.1) is 11.8 Å². The SMILES string of the molecule is COc1ccc(SC(C2=C(O)CC(C)(C)CC2)c2ccc(Cl)cc2)cc1. The molecule has 26 heavy (non-hydrogen) atoms. The molecule has 2 nitrogen and oxygen atoms in total. The van der Waals surface area contributed by atoms with E-state index in [0.717, 1.165) is 46.1 Å². The molecule has 3 rings (SSSR count). The van der Waals surface area contributed by atoms with Gasteiger partial charge in [0.1, 0.15) is 5.75 Å². The molecule has 0 aliphatic heterocycles. The molecule has 0 radical (unpaired) electrons. The van der Waals surface area contributed by atoms with Gasteiger partial charge >= 0.3 is 0 Å². The molecule has 0 bridgehead atoms. The minimum absolute atomic E-state index is 0.0803. The molecule has 1 atom stereocenters. The fourth-order valence-corrected chi connectivity index (χ4v) is 4.70. The fraction of sp³-hybridized carbons (Fsp3) is 0.364. The van der Waals surface area contributed by atoms with E-state index in [1.807, 2.05) is 24.3 Å². The highest BCUT2D eigenvalue weighted by Gasteiger charge is 2.31. The van der Waals surface area contributed by atoms with Gasteiger partial charge in [0, 0.05) is 16.3 Å². The largest absolute Gasteiger partial charge is 0.512 e.